The molecule has 0 bridgehead atoms. The normalized spacial score (nSPS) is 0.750. The predicted octanol–water partition coefficient (Wildman–Crippen LogP) is -0.274. The number of hydrogen-bond acceptors (Lipinski definition) is 0. The molecule has 8 heavy (non-hydrogen) atoms. The first-order valence-electron chi connectivity index (χ1n) is 0.750. The van der Waals surface area contributed by atoms with E-state index < -0.39 is 0 Å². The Morgan fingerprint density at radius 1 is 0.375 bits per heavy atom. The maximum atomic E-state index is 5.00. The van der Waals surface area contributed by atoms with Gasteiger partial charge in [-0.3, -0.25) is 0 Å². The van der Waals surface area contributed by atoms with Gasteiger partial charge < -0.3 is 38.5 Å². The van der Waals surface area contributed by atoms with Gasteiger partial charge in [-0.05, 0) is 0 Å². The second-order valence-corrected chi connectivity index (χ2v) is 0. The minimum absolute atomic E-state index is 0. The van der Waals surface area contributed by atoms with Gasteiger partial charge >= 0.3 is 52.4 Å². The first-order chi connectivity index (χ1) is 3.00. The molecule has 0 fully saturated rings. The number of hydrogen-bond donors (Lipinski definition) is 0. The summed E-state index contributed by atoms with van der Waals surface area (Å²) in [6, 6.07) is 0. The molecule has 34 valence electrons. The summed E-state index contributed by atoms with van der Waals surface area (Å²) in [5.74, 6) is 0. The van der Waals surface area contributed by atoms with E-state index in [1.807, 2.05) is 0 Å². The van der Waals surface area contributed by atoms with Crippen LogP contribution in [0.1, 0.15) is 0 Å². The van der Waals surface area contributed by atoms with Crippen molar-refractivity contribution in [2.75, 3.05) is 0 Å². The van der Waals surface area contributed by atoms with Crippen molar-refractivity contribution in [1.29, 1.82) is 0 Å². The van der Waals surface area contributed by atoms with Crippen LogP contribution in [-0.4, -0.2) is 52.4 Å². The van der Waals surface area contributed by atoms with Gasteiger partial charge in [-0.1, -0.05) is 0 Å². The standard InChI is InChI=1S/3C2.2Bi/c3*1-2;;/q3*-2;2*+3. The van der Waals surface area contributed by atoms with Gasteiger partial charge in [0.25, 0.3) is 0 Å². The zero-order valence-electron chi connectivity index (χ0n) is 3.89. The summed E-state index contributed by atoms with van der Waals surface area (Å²) in [4.78, 5) is 0. The van der Waals surface area contributed by atoms with Crippen LogP contribution in [0.5, 0.6) is 0 Å². The molecule has 0 spiro atoms. The van der Waals surface area contributed by atoms with Gasteiger partial charge in [0.1, 0.15) is 0 Å². The van der Waals surface area contributed by atoms with Crippen molar-refractivity contribution < 1.29 is 0 Å². The zero-order valence-corrected chi connectivity index (χ0v) is 10.8. The Labute approximate surface area is 90.1 Å². The molecule has 0 nitrogen and oxygen atoms in total. The smallest absolute Gasteiger partial charge is 1.00 e. The molecule has 0 rings (SSSR count). The Bertz CT molecular complexity index is 35.0. The van der Waals surface area contributed by atoms with Gasteiger partial charge in [-0.2, -0.15) is 0 Å². The van der Waals surface area contributed by atoms with E-state index in [0.717, 1.165) is 0 Å². The summed E-state index contributed by atoms with van der Waals surface area (Å²) in [6.07, 6.45) is 30.0. The summed E-state index contributed by atoms with van der Waals surface area (Å²) in [5.41, 5.74) is 0. The second-order valence-electron chi connectivity index (χ2n) is 0. The Morgan fingerprint density at radius 2 is 0.375 bits per heavy atom. The van der Waals surface area contributed by atoms with E-state index in [2.05, 4.69) is 0 Å². The SMILES string of the molecule is [Bi+3].[Bi+3].[C-]#[C-].[C-]#[C-].[C-]#[C-]. The Hall–Kier alpha value is 0.446. The van der Waals surface area contributed by atoms with Crippen LogP contribution in [-0.2, 0) is 0 Å². The number of rotatable bonds is 0. The van der Waals surface area contributed by atoms with Crippen molar-refractivity contribution in [2.45, 2.75) is 0 Å². The Balaban J connectivity index is -0.00000000500. The first kappa shape index (κ1) is 39.4. The molecule has 0 heterocycles. The van der Waals surface area contributed by atoms with Gasteiger partial charge in [0.2, 0.25) is 0 Å². The molecule has 0 aromatic rings. The van der Waals surface area contributed by atoms with E-state index in [1.165, 1.54) is 0 Å². The molecule has 0 saturated heterocycles. The zero-order chi connectivity index (χ0) is 6.00. The minimum atomic E-state index is 0. The average Bonchev–Trinajstić information content (AvgIpc) is 1.81. The molecule has 0 unspecified atom stereocenters. The van der Waals surface area contributed by atoms with Crippen LogP contribution in [0.25, 0.3) is 0 Å². The molecule has 0 amide bonds. The molecule has 0 aromatic heterocycles. The van der Waals surface area contributed by atoms with E-state index in [0.29, 0.717) is 0 Å². The third-order valence-corrected chi connectivity index (χ3v) is 0. The summed E-state index contributed by atoms with van der Waals surface area (Å²) < 4.78 is 0. The van der Waals surface area contributed by atoms with Crippen molar-refractivity contribution >= 4 is 52.4 Å². The summed E-state index contributed by atoms with van der Waals surface area (Å²) in [6.45, 7) is 0. The molecule has 0 saturated carbocycles. The summed E-state index contributed by atoms with van der Waals surface area (Å²) >= 11 is 0. The fourth-order valence-electron chi connectivity index (χ4n) is 0. The fourth-order valence-corrected chi connectivity index (χ4v) is 0. The van der Waals surface area contributed by atoms with E-state index in [4.69, 9.17) is 38.5 Å². The van der Waals surface area contributed by atoms with Gasteiger partial charge in [0.15, 0.2) is 0 Å². The van der Waals surface area contributed by atoms with Crippen molar-refractivity contribution in [3.05, 3.63) is 38.5 Å². The predicted molar refractivity (Wildman–Crippen MR) is 31.0 cm³/mol. The maximum absolute atomic E-state index is 5.00. The largest absolute Gasteiger partial charge is 3.00 e. The molecule has 0 aliphatic heterocycles. The second kappa shape index (κ2) is 1550. The quantitative estimate of drug-likeness (QED) is 0.250. The van der Waals surface area contributed by atoms with Gasteiger partial charge in [0, 0.05) is 0 Å². The topological polar surface area (TPSA) is 0 Å². The van der Waals surface area contributed by atoms with Crippen molar-refractivity contribution in [3.8, 4) is 0 Å². The first-order valence-corrected chi connectivity index (χ1v) is 0.750. The van der Waals surface area contributed by atoms with Crippen LogP contribution in [0.3, 0.4) is 0 Å². The fraction of sp³-hybridized carbons (Fsp3) is 0. The van der Waals surface area contributed by atoms with E-state index in [1.54, 1.807) is 0 Å². The van der Waals surface area contributed by atoms with Crippen molar-refractivity contribution in [3.63, 3.8) is 0 Å². The molecule has 0 atom stereocenters. The van der Waals surface area contributed by atoms with Crippen LogP contribution in [0.15, 0.2) is 0 Å². The monoisotopic (exact) mass is 490 g/mol. The van der Waals surface area contributed by atoms with Crippen molar-refractivity contribution in [2.24, 2.45) is 0 Å². The molecular formula is C6Bi2. The van der Waals surface area contributed by atoms with Crippen LogP contribution >= 0.6 is 0 Å². The summed E-state index contributed by atoms with van der Waals surface area (Å²) in [5, 5.41) is 0. The molecule has 0 aliphatic carbocycles. The van der Waals surface area contributed by atoms with Gasteiger partial charge in [-0.15, -0.1) is 0 Å². The van der Waals surface area contributed by atoms with E-state index >= 15 is 0 Å². The van der Waals surface area contributed by atoms with Crippen LogP contribution < -0.4 is 0 Å². The third kappa shape index (κ3) is 960. The summed E-state index contributed by atoms with van der Waals surface area (Å²) in [7, 11) is 0. The molecule has 0 aliphatic rings. The Morgan fingerprint density at radius 3 is 0.375 bits per heavy atom. The average molecular weight is 490 g/mol. The molecule has 0 N–H and O–H groups in total. The molecule has 4 radical (unpaired) electrons. The Kier molecular flexibility index (Phi) is 7660. The van der Waals surface area contributed by atoms with Crippen LogP contribution in [0.4, 0.5) is 0 Å². The molecular weight excluding hydrogens is 490 g/mol. The maximum Gasteiger partial charge on any atom is 3.00 e. The third-order valence-electron chi connectivity index (χ3n) is 0. The van der Waals surface area contributed by atoms with Gasteiger partial charge in [0.05, 0.1) is 0 Å². The van der Waals surface area contributed by atoms with Crippen LogP contribution in [0, 0.1) is 38.5 Å². The van der Waals surface area contributed by atoms with E-state index in [9.17, 15) is 0 Å². The van der Waals surface area contributed by atoms with Gasteiger partial charge in [-0.25, -0.2) is 0 Å². The molecule has 2 heteroatoms. The van der Waals surface area contributed by atoms with E-state index in [-0.39, 0.29) is 52.4 Å². The van der Waals surface area contributed by atoms with Crippen molar-refractivity contribution in [1.82, 2.24) is 0 Å². The molecule has 0 aromatic carbocycles. The van der Waals surface area contributed by atoms with Crippen LogP contribution in [0.2, 0.25) is 0 Å². The minimum Gasteiger partial charge on any atom is -1.00 e.